The number of hydrogen-bond donors (Lipinski definition) is 0. The van der Waals surface area contributed by atoms with Crippen molar-refractivity contribution in [1.82, 2.24) is 0 Å². The van der Waals surface area contributed by atoms with Gasteiger partial charge in [-0.15, -0.1) is 0 Å². The predicted octanol–water partition coefficient (Wildman–Crippen LogP) is 4.30. The molecule has 0 heterocycles. The van der Waals surface area contributed by atoms with Gasteiger partial charge in [0.05, 0.1) is 8.07 Å². The van der Waals surface area contributed by atoms with Gasteiger partial charge < -0.3 is 9.16 Å². The first-order valence-corrected chi connectivity index (χ1v) is 13.7. The van der Waals surface area contributed by atoms with Gasteiger partial charge in [0.15, 0.2) is 0 Å². The molecule has 0 saturated heterocycles. The first-order chi connectivity index (χ1) is 8.72. The molecule has 0 fully saturated rings. The van der Waals surface area contributed by atoms with Crippen LogP contribution in [0.2, 0.25) is 32.7 Å². The van der Waals surface area contributed by atoms with Crippen molar-refractivity contribution in [3.05, 3.63) is 12.7 Å². The Kier molecular flexibility index (Phi) is 6.03. The molecule has 0 aromatic carbocycles. The van der Waals surface area contributed by atoms with E-state index in [0.29, 0.717) is 0 Å². The molecule has 0 aliphatic carbocycles. The van der Waals surface area contributed by atoms with Crippen LogP contribution in [0.4, 0.5) is 0 Å². The molecule has 0 radical (unpaired) electrons. The molecule has 0 saturated carbocycles. The zero-order chi connectivity index (χ0) is 16.4. The third-order valence-electron chi connectivity index (χ3n) is 4.71. The summed E-state index contributed by atoms with van der Waals surface area (Å²) in [6.07, 6.45) is 2.19. The zero-order valence-electron chi connectivity index (χ0n) is 14.7. The lowest BCUT2D eigenvalue weighted by Gasteiger charge is -2.49. The highest BCUT2D eigenvalue weighted by molar-refractivity contribution is 6.81. The Morgan fingerprint density at radius 1 is 1.15 bits per heavy atom. The Bertz CT molecular complexity index is 370. The summed E-state index contributed by atoms with van der Waals surface area (Å²) in [4.78, 5) is 11.5. The van der Waals surface area contributed by atoms with Gasteiger partial charge in [0, 0.05) is 11.3 Å². The Hall–Kier alpha value is -0.396. The van der Waals surface area contributed by atoms with Gasteiger partial charge >= 0.3 is 5.97 Å². The molecule has 5 heteroatoms. The molecule has 0 bridgehead atoms. The third-order valence-corrected chi connectivity index (χ3v) is 12.5. The summed E-state index contributed by atoms with van der Waals surface area (Å²) < 4.78 is 12.2. The lowest BCUT2D eigenvalue weighted by Crippen LogP contribution is -2.64. The van der Waals surface area contributed by atoms with Gasteiger partial charge in [-0.25, -0.2) is 4.79 Å². The molecular weight excluding hydrogens is 284 g/mol. The van der Waals surface area contributed by atoms with E-state index in [2.05, 4.69) is 53.2 Å². The maximum absolute atomic E-state index is 11.5. The second-order valence-electron chi connectivity index (χ2n) is 7.58. The number of hydrogen-bond acceptors (Lipinski definition) is 3. The Morgan fingerprint density at radius 3 is 1.90 bits per heavy atom. The van der Waals surface area contributed by atoms with Crippen LogP contribution < -0.4 is 0 Å². The summed E-state index contributed by atoms with van der Waals surface area (Å²) in [6.45, 7) is 22.9. The minimum atomic E-state index is -2.23. The minimum Gasteiger partial charge on any atom is -0.457 e. The maximum Gasteiger partial charge on any atom is 0.330 e. The molecule has 0 aromatic rings. The molecule has 0 aliphatic rings. The molecule has 0 aliphatic heterocycles. The molecule has 0 amide bonds. The van der Waals surface area contributed by atoms with E-state index >= 15 is 0 Å². The normalized spacial score (nSPS) is 16.4. The van der Waals surface area contributed by atoms with Gasteiger partial charge in [-0.1, -0.05) is 33.1 Å². The summed E-state index contributed by atoms with van der Waals surface area (Å²) in [6, 6.07) is 0. The van der Waals surface area contributed by atoms with Crippen LogP contribution in [-0.2, 0) is 14.0 Å². The first-order valence-electron chi connectivity index (χ1n) is 7.28. The van der Waals surface area contributed by atoms with Gasteiger partial charge in [0.1, 0.15) is 5.22 Å². The van der Waals surface area contributed by atoms with Crippen LogP contribution in [0.3, 0.4) is 0 Å². The molecule has 1 atom stereocenters. The minimum absolute atomic E-state index is 0.111. The smallest absolute Gasteiger partial charge is 0.330 e. The quantitative estimate of drug-likeness (QED) is 0.399. The zero-order valence-corrected chi connectivity index (χ0v) is 16.7. The lowest BCUT2D eigenvalue weighted by atomic mass is 10.3. The summed E-state index contributed by atoms with van der Waals surface area (Å²) in [5, 5.41) is -0.699. The molecule has 118 valence electrons. The van der Waals surface area contributed by atoms with Gasteiger partial charge in [-0.3, -0.25) is 0 Å². The molecule has 0 N–H and O–H groups in total. The third kappa shape index (κ3) is 4.30. The number of carbonyl (C=O) groups is 1. The fourth-order valence-corrected chi connectivity index (χ4v) is 6.77. The predicted molar refractivity (Wildman–Crippen MR) is 91.0 cm³/mol. The lowest BCUT2D eigenvalue weighted by molar-refractivity contribution is -0.145. The molecule has 20 heavy (non-hydrogen) atoms. The number of ether oxygens (including phenoxy) is 1. The second kappa shape index (κ2) is 6.16. The van der Waals surface area contributed by atoms with Crippen molar-refractivity contribution >= 4 is 22.4 Å². The molecule has 0 spiro atoms. The number of esters is 1. The van der Waals surface area contributed by atoms with Crippen molar-refractivity contribution in [2.24, 2.45) is 0 Å². The highest BCUT2D eigenvalue weighted by Crippen LogP contribution is 2.36. The van der Waals surface area contributed by atoms with Gasteiger partial charge in [0.2, 0.25) is 8.32 Å². The largest absolute Gasteiger partial charge is 0.457 e. The van der Waals surface area contributed by atoms with Crippen molar-refractivity contribution in [3.63, 3.8) is 0 Å². The van der Waals surface area contributed by atoms with Gasteiger partial charge in [-0.2, -0.15) is 0 Å². The topological polar surface area (TPSA) is 35.5 Å². The summed E-state index contributed by atoms with van der Waals surface area (Å²) >= 11 is 0. The van der Waals surface area contributed by atoms with Crippen LogP contribution in [-0.4, -0.2) is 32.8 Å². The Morgan fingerprint density at radius 2 is 1.60 bits per heavy atom. The van der Waals surface area contributed by atoms with Crippen molar-refractivity contribution in [2.45, 2.75) is 77.3 Å². The molecular formula is C15H32O3Si2. The van der Waals surface area contributed by atoms with Crippen LogP contribution in [0, 0.1) is 0 Å². The van der Waals surface area contributed by atoms with Gasteiger partial charge in [-0.05, 0) is 40.3 Å². The summed E-state index contributed by atoms with van der Waals surface area (Å²) in [7, 11) is -3.73. The number of rotatable bonds is 7. The van der Waals surface area contributed by atoms with Crippen LogP contribution in [0.5, 0.6) is 0 Å². The molecule has 1 unspecified atom stereocenters. The average molecular weight is 317 g/mol. The van der Waals surface area contributed by atoms with Gasteiger partial charge in [0.25, 0.3) is 0 Å². The van der Waals surface area contributed by atoms with E-state index < -0.39 is 21.6 Å². The maximum atomic E-state index is 11.5. The fraction of sp³-hybridized carbons (Fsp3) is 0.800. The molecule has 0 rings (SSSR count). The van der Waals surface area contributed by atoms with Crippen LogP contribution in [0.1, 0.15) is 34.1 Å². The Balaban J connectivity index is 5.32. The van der Waals surface area contributed by atoms with E-state index in [-0.39, 0.29) is 11.2 Å². The van der Waals surface area contributed by atoms with E-state index in [1.807, 2.05) is 13.8 Å². The van der Waals surface area contributed by atoms with Crippen molar-refractivity contribution in [1.29, 1.82) is 0 Å². The SMILES string of the molecule is C=CC(=O)OC(C)(C)[Si](C)(C)OC(C)(CC)[Si](C)(C)C. The van der Waals surface area contributed by atoms with Crippen molar-refractivity contribution in [3.8, 4) is 0 Å². The monoisotopic (exact) mass is 316 g/mol. The van der Waals surface area contributed by atoms with Crippen LogP contribution in [0.25, 0.3) is 0 Å². The fourth-order valence-electron chi connectivity index (χ4n) is 1.86. The van der Waals surface area contributed by atoms with Crippen molar-refractivity contribution in [2.75, 3.05) is 0 Å². The highest BCUT2D eigenvalue weighted by atomic mass is 28.4. The standard InChI is InChI=1S/C15H32O3Si2/c1-11-13(16)17-14(3,4)20(9,10)18-15(5,12-2)19(6,7)8/h11H,1,12H2,2-10H3. The highest BCUT2D eigenvalue weighted by Gasteiger charge is 2.51. The summed E-state index contributed by atoms with van der Waals surface area (Å²) in [5.74, 6) is -0.384. The van der Waals surface area contributed by atoms with Crippen molar-refractivity contribution < 1.29 is 14.0 Å². The van der Waals surface area contributed by atoms with Crippen LogP contribution in [0.15, 0.2) is 12.7 Å². The first kappa shape index (κ1) is 19.6. The summed E-state index contributed by atoms with van der Waals surface area (Å²) in [5.41, 5.74) is 0. The number of carbonyl (C=O) groups excluding carboxylic acids is 1. The molecule has 0 aromatic heterocycles. The molecule has 3 nitrogen and oxygen atoms in total. The second-order valence-corrected chi connectivity index (χ2v) is 17.6. The van der Waals surface area contributed by atoms with E-state index in [1.54, 1.807) is 0 Å². The van der Waals surface area contributed by atoms with E-state index in [4.69, 9.17) is 9.16 Å². The van der Waals surface area contributed by atoms with E-state index in [9.17, 15) is 4.79 Å². The van der Waals surface area contributed by atoms with E-state index in [1.165, 1.54) is 6.08 Å². The Labute approximate surface area is 126 Å². The van der Waals surface area contributed by atoms with Crippen LogP contribution >= 0.6 is 0 Å². The average Bonchev–Trinajstić information content (AvgIpc) is 2.25. The van der Waals surface area contributed by atoms with E-state index in [0.717, 1.165) is 6.42 Å².